The van der Waals surface area contributed by atoms with Crippen LogP contribution in [0, 0.1) is 0 Å². The predicted octanol–water partition coefficient (Wildman–Crippen LogP) is 1.98. The maximum absolute atomic E-state index is 2.33. The molecule has 0 aromatic heterocycles. The zero-order valence-corrected chi connectivity index (χ0v) is 7.89. The lowest BCUT2D eigenvalue weighted by atomic mass is 9.53. The largest absolute Gasteiger partial charge is 0.344 e. The Labute approximate surface area is 69.9 Å². The second-order valence-electron chi connectivity index (χ2n) is 3.64. The molecule has 1 heterocycles. The summed E-state index contributed by atoms with van der Waals surface area (Å²) in [5.74, 6) is 2.33. The molecule has 60 valence electrons. The monoisotopic (exact) mass is 149 g/mol. The number of hydrogen-bond donors (Lipinski definition) is 0. The van der Waals surface area contributed by atoms with Crippen molar-refractivity contribution in [2.24, 2.45) is 0 Å². The fraction of sp³-hybridized carbons (Fsp3) is 0.556. The van der Waals surface area contributed by atoms with Gasteiger partial charge in [0.05, 0.1) is 0 Å². The molecule has 0 fully saturated rings. The molecule has 1 aliphatic rings. The Kier molecular flexibility index (Phi) is 2.55. The summed E-state index contributed by atoms with van der Waals surface area (Å²) in [4.78, 5) is 2.26. The van der Waals surface area contributed by atoms with Gasteiger partial charge in [-0.3, -0.25) is 0 Å². The normalized spacial score (nSPS) is 18.5. The van der Waals surface area contributed by atoms with Crippen LogP contribution in [0.25, 0.3) is 0 Å². The Bertz CT molecular complexity index is 204. The van der Waals surface area contributed by atoms with Gasteiger partial charge in [0.25, 0.3) is 6.85 Å². The molecule has 11 heavy (non-hydrogen) atoms. The van der Waals surface area contributed by atoms with Crippen molar-refractivity contribution in [3.05, 3.63) is 23.2 Å². The standard InChI is InChI=1S/C9H16BN/c1-8-5-9(2)7-10(6-8)11(3)4/h5-6H,7H2,1-4H3. The van der Waals surface area contributed by atoms with E-state index in [4.69, 9.17) is 0 Å². The fourth-order valence-corrected chi connectivity index (χ4v) is 1.52. The van der Waals surface area contributed by atoms with Crippen LogP contribution in [0.5, 0.6) is 0 Å². The van der Waals surface area contributed by atoms with Gasteiger partial charge in [-0.25, -0.2) is 0 Å². The van der Waals surface area contributed by atoms with E-state index in [1.807, 2.05) is 0 Å². The third-order valence-electron chi connectivity index (χ3n) is 2.12. The number of rotatable bonds is 1. The van der Waals surface area contributed by atoms with Crippen LogP contribution >= 0.6 is 0 Å². The highest BCUT2D eigenvalue weighted by molar-refractivity contribution is 6.62. The van der Waals surface area contributed by atoms with E-state index in [1.165, 1.54) is 17.5 Å². The van der Waals surface area contributed by atoms with E-state index in [-0.39, 0.29) is 0 Å². The molecule has 2 heteroatoms. The molecule has 0 bridgehead atoms. The van der Waals surface area contributed by atoms with Gasteiger partial charge in [-0.05, 0) is 34.3 Å². The molecule has 0 atom stereocenters. The van der Waals surface area contributed by atoms with Crippen molar-refractivity contribution < 1.29 is 0 Å². The van der Waals surface area contributed by atoms with Crippen molar-refractivity contribution in [2.75, 3.05) is 14.1 Å². The SMILES string of the molecule is CC1=CB(N(C)C)CC(C)=C1. The number of hydrogen-bond acceptors (Lipinski definition) is 1. The van der Waals surface area contributed by atoms with Crippen LogP contribution in [-0.2, 0) is 0 Å². The molecule has 0 unspecified atom stereocenters. The van der Waals surface area contributed by atoms with Crippen LogP contribution in [0.15, 0.2) is 23.2 Å². The van der Waals surface area contributed by atoms with Gasteiger partial charge in [0.2, 0.25) is 0 Å². The van der Waals surface area contributed by atoms with Crippen LogP contribution < -0.4 is 0 Å². The van der Waals surface area contributed by atoms with Gasteiger partial charge in [-0.15, -0.1) is 0 Å². The molecule has 0 aromatic rings. The molecular weight excluding hydrogens is 133 g/mol. The highest BCUT2D eigenvalue weighted by Crippen LogP contribution is 2.17. The summed E-state index contributed by atoms with van der Waals surface area (Å²) < 4.78 is 0. The molecule has 0 aliphatic carbocycles. The second-order valence-corrected chi connectivity index (χ2v) is 3.64. The molecule has 0 saturated carbocycles. The van der Waals surface area contributed by atoms with Crippen molar-refractivity contribution in [1.29, 1.82) is 0 Å². The topological polar surface area (TPSA) is 3.24 Å². The Balaban J connectivity index is 2.71. The van der Waals surface area contributed by atoms with Crippen molar-refractivity contribution in [3.8, 4) is 0 Å². The highest BCUT2D eigenvalue weighted by Gasteiger charge is 2.17. The highest BCUT2D eigenvalue weighted by atomic mass is 15.0. The minimum absolute atomic E-state index is 0.611. The van der Waals surface area contributed by atoms with E-state index in [9.17, 15) is 0 Å². The average molecular weight is 149 g/mol. The molecule has 1 rings (SSSR count). The van der Waals surface area contributed by atoms with Crippen molar-refractivity contribution in [2.45, 2.75) is 20.2 Å². The van der Waals surface area contributed by atoms with Crippen LogP contribution in [-0.4, -0.2) is 25.8 Å². The van der Waals surface area contributed by atoms with E-state index in [0.29, 0.717) is 6.85 Å². The van der Waals surface area contributed by atoms with Crippen LogP contribution in [0.4, 0.5) is 0 Å². The van der Waals surface area contributed by atoms with Gasteiger partial charge >= 0.3 is 0 Å². The van der Waals surface area contributed by atoms with Crippen molar-refractivity contribution >= 4 is 6.85 Å². The third-order valence-corrected chi connectivity index (χ3v) is 2.12. The Morgan fingerprint density at radius 2 is 2.00 bits per heavy atom. The van der Waals surface area contributed by atoms with E-state index in [1.54, 1.807) is 0 Å². The molecular formula is C9H16BN. The first-order chi connectivity index (χ1) is 5.09. The summed E-state index contributed by atoms with van der Waals surface area (Å²) in [5, 5.41) is 0. The van der Waals surface area contributed by atoms with Gasteiger partial charge in [0, 0.05) is 0 Å². The molecule has 0 spiro atoms. The summed E-state index contributed by atoms with van der Waals surface area (Å²) in [6, 6.07) is 0. The van der Waals surface area contributed by atoms with Crippen molar-refractivity contribution in [3.63, 3.8) is 0 Å². The van der Waals surface area contributed by atoms with E-state index < -0.39 is 0 Å². The number of nitrogens with zero attached hydrogens (tertiary/aromatic N) is 1. The van der Waals surface area contributed by atoms with Gasteiger partial charge in [0.15, 0.2) is 0 Å². The zero-order valence-electron chi connectivity index (χ0n) is 7.89. The lowest BCUT2D eigenvalue weighted by Crippen LogP contribution is -2.32. The maximum Gasteiger partial charge on any atom is 0.254 e. The lowest BCUT2D eigenvalue weighted by molar-refractivity contribution is 0.645. The predicted molar refractivity (Wildman–Crippen MR) is 51.8 cm³/mol. The molecule has 1 aliphatic heterocycles. The number of allylic oxidation sites excluding steroid dienone is 3. The van der Waals surface area contributed by atoms with Gasteiger partial charge in [-0.2, -0.15) is 0 Å². The lowest BCUT2D eigenvalue weighted by Gasteiger charge is -2.21. The zero-order chi connectivity index (χ0) is 8.43. The third kappa shape index (κ3) is 2.23. The van der Waals surface area contributed by atoms with Crippen molar-refractivity contribution in [1.82, 2.24) is 4.81 Å². The smallest absolute Gasteiger partial charge is 0.254 e. The van der Waals surface area contributed by atoms with Crippen LogP contribution in [0.1, 0.15) is 13.8 Å². The van der Waals surface area contributed by atoms with Crippen LogP contribution in [0.2, 0.25) is 6.32 Å². The van der Waals surface area contributed by atoms with Crippen LogP contribution in [0.3, 0.4) is 0 Å². The van der Waals surface area contributed by atoms with E-state index in [2.05, 4.69) is 44.8 Å². The first-order valence-corrected chi connectivity index (χ1v) is 4.11. The Morgan fingerprint density at radius 1 is 1.36 bits per heavy atom. The van der Waals surface area contributed by atoms with Gasteiger partial charge < -0.3 is 4.81 Å². The molecule has 0 amide bonds. The first-order valence-electron chi connectivity index (χ1n) is 4.11. The summed E-state index contributed by atoms with van der Waals surface area (Å²) in [6.45, 7) is 4.98. The molecule has 0 N–H and O–H groups in total. The maximum atomic E-state index is 2.33. The first kappa shape index (κ1) is 8.60. The fourth-order valence-electron chi connectivity index (χ4n) is 1.52. The van der Waals surface area contributed by atoms with Gasteiger partial charge in [-0.1, -0.05) is 23.2 Å². The Hall–Kier alpha value is -0.495. The molecule has 1 nitrogen and oxygen atoms in total. The summed E-state index contributed by atoms with van der Waals surface area (Å²) in [6.07, 6.45) is 3.45. The van der Waals surface area contributed by atoms with E-state index >= 15 is 0 Å². The summed E-state index contributed by atoms with van der Waals surface area (Å²) in [7, 11) is 4.26. The summed E-state index contributed by atoms with van der Waals surface area (Å²) in [5.41, 5.74) is 2.89. The molecule has 0 saturated heterocycles. The quantitative estimate of drug-likeness (QED) is 0.515. The second kappa shape index (κ2) is 3.27. The molecule has 0 aromatic carbocycles. The minimum atomic E-state index is 0.611. The minimum Gasteiger partial charge on any atom is -0.344 e. The van der Waals surface area contributed by atoms with Gasteiger partial charge in [0.1, 0.15) is 0 Å². The Morgan fingerprint density at radius 3 is 2.45 bits per heavy atom. The van der Waals surface area contributed by atoms with E-state index in [0.717, 1.165) is 0 Å². The average Bonchev–Trinajstić information content (AvgIpc) is 1.85. The summed E-state index contributed by atoms with van der Waals surface area (Å²) >= 11 is 0. The molecule has 0 radical (unpaired) electrons.